The molecule has 0 aliphatic heterocycles. The molecule has 0 spiro atoms. The highest BCUT2D eigenvalue weighted by Gasteiger charge is 2.08. The molecule has 5 nitrogen and oxygen atoms in total. The zero-order chi connectivity index (χ0) is 16.2. The molecule has 0 fully saturated rings. The first-order chi connectivity index (χ1) is 11.1. The fourth-order valence-corrected chi connectivity index (χ4v) is 2.94. The monoisotopic (exact) mass is 346 g/mol. The van der Waals surface area contributed by atoms with Crippen LogP contribution in [-0.4, -0.2) is 20.7 Å². The summed E-state index contributed by atoms with van der Waals surface area (Å²) in [6.07, 6.45) is 1.68. The normalized spacial score (nSPS) is 10.7. The summed E-state index contributed by atoms with van der Waals surface area (Å²) in [6, 6.07) is 9.40. The van der Waals surface area contributed by atoms with Gasteiger partial charge < -0.3 is 5.32 Å². The van der Waals surface area contributed by atoms with Crippen LogP contribution in [0.15, 0.2) is 41.9 Å². The van der Waals surface area contributed by atoms with Gasteiger partial charge in [-0.15, -0.1) is 11.3 Å². The van der Waals surface area contributed by atoms with Crippen LogP contribution < -0.4 is 5.32 Å². The van der Waals surface area contributed by atoms with Crippen LogP contribution >= 0.6 is 22.9 Å². The summed E-state index contributed by atoms with van der Waals surface area (Å²) in [4.78, 5) is 16.5. The van der Waals surface area contributed by atoms with Gasteiger partial charge in [-0.25, -0.2) is 4.98 Å². The van der Waals surface area contributed by atoms with Gasteiger partial charge in [-0.1, -0.05) is 23.7 Å². The van der Waals surface area contributed by atoms with E-state index in [9.17, 15) is 4.79 Å². The Morgan fingerprint density at radius 2 is 2.09 bits per heavy atom. The third-order valence-corrected chi connectivity index (χ3v) is 4.45. The van der Waals surface area contributed by atoms with Crippen molar-refractivity contribution in [3.8, 4) is 11.3 Å². The van der Waals surface area contributed by atoms with Gasteiger partial charge in [0.2, 0.25) is 5.91 Å². The average molecular weight is 347 g/mol. The molecular weight excluding hydrogens is 332 g/mol. The Morgan fingerprint density at radius 3 is 2.78 bits per heavy atom. The first-order valence-electron chi connectivity index (χ1n) is 7.07. The topological polar surface area (TPSA) is 59.8 Å². The smallest absolute Gasteiger partial charge is 0.242 e. The minimum absolute atomic E-state index is 0.0833. The number of halogens is 1. The van der Waals surface area contributed by atoms with Crippen molar-refractivity contribution in [2.75, 3.05) is 0 Å². The molecule has 0 unspecified atom stereocenters. The highest BCUT2D eigenvalue weighted by atomic mass is 35.5. The van der Waals surface area contributed by atoms with Gasteiger partial charge >= 0.3 is 0 Å². The van der Waals surface area contributed by atoms with Crippen LogP contribution in [-0.2, 0) is 17.9 Å². The molecule has 2 aromatic heterocycles. The van der Waals surface area contributed by atoms with Gasteiger partial charge in [0.25, 0.3) is 0 Å². The quantitative estimate of drug-likeness (QED) is 0.771. The second-order valence-corrected chi connectivity index (χ2v) is 6.42. The average Bonchev–Trinajstić information content (AvgIpc) is 3.16. The molecule has 1 aromatic carbocycles. The molecular formula is C16H15ClN4OS. The molecule has 0 aliphatic rings. The summed E-state index contributed by atoms with van der Waals surface area (Å²) in [7, 11) is 0. The van der Waals surface area contributed by atoms with Gasteiger partial charge in [0.15, 0.2) is 0 Å². The van der Waals surface area contributed by atoms with Crippen LogP contribution in [0.4, 0.5) is 0 Å². The summed E-state index contributed by atoms with van der Waals surface area (Å²) in [5.41, 5.74) is 2.86. The summed E-state index contributed by atoms with van der Waals surface area (Å²) >= 11 is 7.41. The number of hydrogen-bond donors (Lipinski definition) is 1. The number of benzene rings is 1. The minimum atomic E-state index is -0.0833. The molecule has 0 bridgehead atoms. The SMILES string of the molecule is Cc1ccnn1CC(=O)NCc1nc(-c2ccc(Cl)cc2)cs1. The third-order valence-electron chi connectivity index (χ3n) is 3.35. The third kappa shape index (κ3) is 3.97. The number of carbonyl (C=O) groups is 1. The molecule has 1 N–H and O–H groups in total. The van der Waals surface area contributed by atoms with Crippen LogP contribution in [0.5, 0.6) is 0 Å². The molecule has 0 atom stereocenters. The number of amides is 1. The highest BCUT2D eigenvalue weighted by Crippen LogP contribution is 2.23. The molecule has 0 saturated heterocycles. The lowest BCUT2D eigenvalue weighted by atomic mass is 10.2. The molecule has 0 saturated carbocycles. The number of rotatable bonds is 5. The van der Waals surface area contributed by atoms with Gasteiger partial charge in [0.05, 0.1) is 12.2 Å². The van der Waals surface area contributed by atoms with E-state index in [1.807, 2.05) is 42.6 Å². The van der Waals surface area contributed by atoms with Gasteiger partial charge in [-0.3, -0.25) is 9.48 Å². The maximum Gasteiger partial charge on any atom is 0.242 e. The van der Waals surface area contributed by atoms with E-state index < -0.39 is 0 Å². The lowest BCUT2D eigenvalue weighted by molar-refractivity contribution is -0.122. The van der Waals surface area contributed by atoms with Crippen LogP contribution in [0.1, 0.15) is 10.7 Å². The van der Waals surface area contributed by atoms with E-state index >= 15 is 0 Å². The fourth-order valence-electron chi connectivity index (χ4n) is 2.08. The molecule has 0 radical (unpaired) electrons. The number of aryl methyl sites for hydroxylation is 1. The predicted octanol–water partition coefficient (Wildman–Crippen LogP) is 3.28. The van der Waals surface area contributed by atoms with E-state index in [0.29, 0.717) is 11.6 Å². The van der Waals surface area contributed by atoms with Crippen LogP contribution in [0.2, 0.25) is 5.02 Å². The van der Waals surface area contributed by atoms with E-state index in [0.717, 1.165) is 22.0 Å². The van der Waals surface area contributed by atoms with Crippen LogP contribution in [0, 0.1) is 6.92 Å². The van der Waals surface area contributed by atoms with E-state index in [1.54, 1.807) is 10.9 Å². The summed E-state index contributed by atoms with van der Waals surface area (Å²) in [5, 5.41) is 10.5. The van der Waals surface area contributed by atoms with Crippen molar-refractivity contribution in [3.05, 3.63) is 57.6 Å². The van der Waals surface area contributed by atoms with Crippen molar-refractivity contribution in [1.29, 1.82) is 0 Å². The Hall–Kier alpha value is -2.18. The predicted molar refractivity (Wildman–Crippen MR) is 91.4 cm³/mol. The number of hydrogen-bond acceptors (Lipinski definition) is 4. The Bertz CT molecular complexity index is 810. The Labute approximate surface area is 142 Å². The Balaban J connectivity index is 1.58. The fraction of sp³-hybridized carbons (Fsp3) is 0.188. The molecule has 2 heterocycles. The van der Waals surface area contributed by atoms with Crippen molar-refractivity contribution in [2.24, 2.45) is 0 Å². The Morgan fingerprint density at radius 1 is 1.30 bits per heavy atom. The van der Waals surface area contributed by atoms with Crippen LogP contribution in [0.25, 0.3) is 11.3 Å². The van der Waals surface area contributed by atoms with E-state index in [2.05, 4.69) is 15.4 Å². The number of carbonyl (C=O) groups excluding carboxylic acids is 1. The van der Waals surface area contributed by atoms with Gasteiger partial charge in [-0.2, -0.15) is 5.10 Å². The largest absolute Gasteiger partial charge is 0.348 e. The van der Waals surface area contributed by atoms with Gasteiger partial charge in [0.1, 0.15) is 11.6 Å². The van der Waals surface area contributed by atoms with Crippen molar-refractivity contribution < 1.29 is 4.79 Å². The number of aromatic nitrogens is 3. The van der Waals surface area contributed by atoms with Crippen molar-refractivity contribution >= 4 is 28.8 Å². The second-order valence-electron chi connectivity index (χ2n) is 5.04. The highest BCUT2D eigenvalue weighted by molar-refractivity contribution is 7.09. The van der Waals surface area contributed by atoms with Gasteiger partial charge in [0, 0.05) is 27.9 Å². The maximum atomic E-state index is 11.9. The van der Waals surface area contributed by atoms with Gasteiger partial charge in [-0.05, 0) is 25.1 Å². The molecule has 0 aliphatic carbocycles. The summed E-state index contributed by atoms with van der Waals surface area (Å²) in [6.45, 7) is 2.55. The summed E-state index contributed by atoms with van der Waals surface area (Å²) in [5.74, 6) is -0.0833. The van der Waals surface area contributed by atoms with Crippen LogP contribution in [0.3, 0.4) is 0 Å². The number of nitrogens with zero attached hydrogens (tertiary/aromatic N) is 3. The molecule has 118 valence electrons. The first-order valence-corrected chi connectivity index (χ1v) is 8.33. The standard InChI is InChI=1S/C16H15ClN4OS/c1-11-6-7-19-21(11)9-15(22)18-8-16-20-14(10-23-16)12-2-4-13(17)5-3-12/h2-7,10H,8-9H2,1H3,(H,18,22). The van der Waals surface area contributed by atoms with Crippen molar-refractivity contribution in [3.63, 3.8) is 0 Å². The van der Waals surface area contributed by atoms with E-state index in [-0.39, 0.29) is 12.5 Å². The maximum absolute atomic E-state index is 11.9. The zero-order valence-electron chi connectivity index (χ0n) is 12.5. The van der Waals surface area contributed by atoms with E-state index in [1.165, 1.54) is 11.3 Å². The molecule has 1 amide bonds. The number of nitrogens with one attached hydrogen (secondary N) is 1. The minimum Gasteiger partial charge on any atom is -0.348 e. The summed E-state index contributed by atoms with van der Waals surface area (Å²) < 4.78 is 1.66. The number of thiazole rings is 1. The first kappa shape index (κ1) is 15.7. The molecule has 23 heavy (non-hydrogen) atoms. The lowest BCUT2D eigenvalue weighted by Gasteiger charge is -2.05. The second kappa shape index (κ2) is 6.93. The lowest BCUT2D eigenvalue weighted by Crippen LogP contribution is -2.27. The van der Waals surface area contributed by atoms with E-state index in [4.69, 9.17) is 11.6 Å². The zero-order valence-corrected chi connectivity index (χ0v) is 14.1. The molecule has 3 aromatic rings. The molecule has 7 heteroatoms. The van der Waals surface area contributed by atoms with Crippen molar-refractivity contribution in [1.82, 2.24) is 20.1 Å². The Kier molecular flexibility index (Phi) is 4.73. The van der Waals surface area contributed by atoms with Crippen molar-refractivity contribution in [2.45, 2.75) is 20.0 Å². The molecule has 3 rings (SSSR count).